The Morgan fingerprint density at radius 3 is 1.46 bits per heavy atom. The van der Waals surface area contributed by atoms with Gasteiger partial charge in [-0.2, -0.15) is 34.8 Å². The van der Waals surface area contributed by atoms with Crippen LogP contribution in [0.3, 0.4) is 0 Å². The van der Waals surface area contributed by atoms with Crippen molar-refractivity contribution in [2.24, 2.45) is 11.8 Å². The second kappa shape index (κ2) is 22.9. The summed E-state index contributed by atoms with van der Waals surface area (Å²) < 4.78 is 116. The number of amides is 2. The van der Waals surface area contributed by atoms with Gasteiger partial charge in [-0.25, -0.2) is 9.59 Å². The minimum atomic E-state index is -4.36. The number of hydrogen-bond acceptors (Lipinski definition) is 9. The van der Waals surface area contributed by atoms with Crippen LogP contribution in [-0.2, 0) is 49.3 Å². The third-order valence-corrected chi connectivity index (χ3v) is 9.91. The molecule has 0 saturated carbocycles. The number of piperidine rings is 2. The van der Waals surface area contributed by atoms with E-state index in [9.17, 15) is 44.3 Å². The zero-order valence-electron chi connectivity index (χ0n) is 33.3. The molecule has 332 valence electrons. The molecule has 1 N–H and O–H groups in total. The number of halogens is 6. The van der Waals surface area contributed by atoms with Crippen LogP contribution in [0.25, 0.3) is 0 Å². The van der Waals surface area contributed by atoms with Gasteiger partial charge in [0.05, 0.1) is 30.6 Å². The van der Waals surface area contributed by atoms with Gasteiger partial charge in [-0.1, -0.05) is 60.7 Å². The molecule has 4 aromatic carbocycles. The maximum Gasteiger partial charge on any atom is 0.416 e. The molecule has 2 aliphatic heterocycles. The SMILES string of the molecule is CS(=O)(=O)OC[C@H]1CCCN(C(=O)OCc2ccccc2)C1.O=C(OCc1ccccc1)N1CCC[C@H](COc2ccc(C(F)(F)F)cc2)C1.Oc1ccc(C(F)(F)F)cc1. The number of carbonyl (C=O) groups excluding carboxylic acids is 2. The highest BCUT2D eigenvalue weighted by atomic mass is 32.2. The van der Waals surface area contributed by atoms with E-state index in [1.54, 1.807) is 9.80 Å². The predicted molar refractivity (Wildman–Crippen MR) is 213 cm³/mol. The molecular weight excluding hydrogens is 835 g/mol. The van der Waals surface area contributed by atoms with Crippen LogP contribution in [-0.4, -0.2) is 81.2 Å². The van der Waals surface area contributed by atoms with Gasteiger partial charge in [-0.05, 0) is 85.3 Å². The normalized spacial score (nSPS) is 16.8. The Hall–Kier alpha value is -5.49. The van der Waals surface area contributed by atoms with Crippen molar-refractivity contribution < 1.29 is 67.8 Å². The Morgan fingerprint density at radius 2 is 1.05 bits per heavy atom. The third-order valence-electron chi connectivity index (χ3n) is 9.34. The van der Waals surface area contributed by atoms with E-state index in [0.29, 0.717) is 38.5 Å². The molecule has 11 nitrogen and oxygen atoms in total. The Kier molecular flexibility index (Phi) is 18.1. The molecule has 0 unspecified atom stereocenters. The van der Waals surface area contributed by atoms with Crippen LogP contribution in [0.4, 0.5) is 35.9 Å². The minimum Gasteiger partial charge on any atom is -0.508 e. The van der Waals surface area contributed by atoms with Gasteiger partial charge in [0, 0.05) is 38.0 Å². The van der Waals surface area contributed by atoms with Crippen molar-refractivity contribution in [3.63, 3.8) is 0 Å². The highest BCUT2D eigenvalue weighted by Crippen LogP contribution is 2.31. The first-order chi connectivity index (χ1) is 28.9. The summed E-state index contributed by atoms with van der Waals surface area (Å²) in [5.41, 5.74) is 0.403. The lowest BCUT2D eigenvalue weighted by Crippen LogP contribution is -2.41. The summed E-state index contributed by atoms with van der Waals surface area (Å²) in [5, 5.41) is 8.66. The summed E-state index contributed by atoms with van der Waals surface area (Å²) in [5.74, 6) is 0.350. The van der Waals surface area contributed by atoms with Crippen LogP contribution in [0.2, 0.25) is 0 Å². The molecule has 2 saturated heterocycles. The second-order valence-corrected chi connectivity index (χ2v) is 16.0. The van der Waals surface area contributed by atoms with Crippen LogP contribution in [0, 0.1) is 11.8 Å². The van der Waals surface area contributed by atoms with E-state index in [2.05, 4.69) is 0 Å². The van der Waals surface area contributed by atoms with Crippen molar-refractivity contribution in [2.45, 2.75) is 51.2 Å². The van der Waals surface area contributed by atoms with Crippen molar-refractivity contribution in [2.75, 3.05) is 45.6 Å². The molecule has 2 heterocycles. The Morgan fingerprint density at radius 1 is 0.639 bits per heavy atom. The molecule has 2 atom stereocenters. The summed E-state index contributed by atoms with van der Waals surface area (Å²) in [6, 6.07) is 27.2. The van der Waals surface area contributed by atoms with Gasteiger partial charge in [0.15, 0.2) is 0 Å². The van der Waals surface area contributed by atoms with Gasteiger partial charge in [-0.3, -0.25) is 4.18 Å². The Labute approximate surface area is 350 Å². The molecule has 4 aromatic rings. The van der Waals surface area contributed by atoms with Gasteiger partial charge in [-0.15, -0.1) is 0 Å². The molecule has 0 aromatic heterocycles. The van der Waals surface area contributed by atoms with E-state index in [-0.39, 0.29) is 49.6 Å². The monoisotopic (exact) mass is 882 g/mol. The highest BCUT2D eigenvalue weighted by molar-refractivity contribution is 7.85. The number of aromatic hydroxyl groups is 1. The summed E-state index contributed by atoms with van der Waals surface area (Å²) in [6.45, 7) is 3.14. The molecule has 61 heavy (non-hydrogen) atoms. The van der Waals surface area contributed by atoms with E-state index in [1.807, 2.05) is 60.7 Å². The quantitative estimate of drug-likeness (QED) is 0.122. The van der Waals surface area contributed by atoms with Gasteiger partial charge in [0.25, 0.3) is 10.1 Å². The standard InChI is InChI=1S/C21H22F3NO3.C15H21NO5S.C7H5F3O/c22-21(23,24)18-8-10-19(11-9-18)27-15-17-7-4-12-25(13-17)20(26)28-14-16-5-2-1-3-6-16;1-22(18,19)21-12-14-8-5-9-16(10-14)15(17)20-11-13-6-3-2-4-7-13;8-7(9,10)5-1-3-6(11)4-2-5/h1-3,5-6,8-11,17H,4,7,12-15H2;2-4,6-7,14H,5,8-12H2,1H3;1-4,11H/t17-;14-;/m00./s1. The van der Waals surface area contributed by atoms with Crippen molar-refractivity contribution >= 4 is 22.3 Å². The zero-order valence-corrected chi connectivity index (χ0v) is 34.1. The minimum absolute atomic E-state index is 0.0211. The van der Waals surface area contributed by atoms with Crippen molar-refractivity contribution in [1.29, 1.82) is 0 Å². The molecule has 6 rings (SSSR count). The molecule has 0 bridgehead atoms. The summed E-state index contributed by atoms with van der Waals surface area (Å²) in [6.07, 6.45) is -4.99. The van der Waals surface area contributed by atoms with Crippen molar-refractivity contribution in [3.8, 4) is 11.5 Å². The van der Waals surface area contributed by atoms with Crippen LogP contribution in [0.15, 0.2) is 109 Å². The van der Waals surface area contributed by atoms with E-state index in [1.165, 1.54) is 12.1 Å². The van der Waals surface area contributed by atoms with Gasteiger partial charge in [0.2, 0.25) is 0 Å². The molecular formula is C43H48F6N2O9S. The average Bonchev–Trinajstić information content (AvgIpc) is 3.24. The number of ether oxygens (including phenoxy) is 3. The van der Waals surface area contributed by atoms with E-state index >= 15 is 0 Å². The first kappa shape index (κ1) is 48.2. The zero-order chi connectivity index (χ0) is 44.5. The number of phenols is 1. The topological polar surface area (TPSA) is 132 Å². The largest absolute Gasteiger partial charge is 0.508 e. The van der Waals surface area contributed by atoms with Crippen molar-refractivity contribution in [3.05, 3.63) is 131 Å². The lowest BCUT2D eigenvalue weighted by atomic mass is 9.99. The smallest absolute Gasteiger partial charge is 0.416 e. The molecule has 0 spiro atoms. The fraction of sp³-hybridized carbons (Fsp3) is 0.395. The van der Waals surface area contributed by atoms with Gasteiger partial charge in [0.1, 0.15) is 24.7 Å². The number of carbonyl (C=O) groups is 2. The van der Waals surface area contributed by atoms with Gasteiger partial charge >= 0.3 is 24.5 Å². The van der Waals surface area contributed by atoms with Crippen LogP contribution in [0.5, 0.6) is 11.5 Å². The van der Waals surface area contributed by atoms with Gasteiger partial charge < -0.3 is 29.1 Å². The number of hydrogen-bond donors (Lipinski definition) is 1. The number of rotatable bonds is 10. The fourth-order valence-electron chi connectivity index (χ4n) is 6.18. The van der Waals surface area contributed by atoms with E-state index < -0.39 is 33.6 Å². The number of phenolic OH excluding ortho intramolecular Hbond substituents is 1. The average molecular weight is 883 g/mol. The molecule has 2 fully saturated rings. The number of likely N-dealkylation sites (tertiary alicyclic amines) is 2. The lowest BCUT2D eigenvalue weighted by Gasteiger charge is -2.32. The highest BCUT2D eigenvalue weighted by Gasteiger charge is 2.31. The third kappa shape index (κ3) is 17.9. The fourth-order valence-corrected chi connectivity index (χ4v) is 6.62. The first-order valence-electron chi connectivity index (χ1n) is 19.3. The van der Waals surface area contributed by atoms with Crippen molar-refractivity contribution in [1.82, 2.24) is 9.80 Å². The molecule has 2 aliphatic rings. The van der Waals surface area contributed by atoms with Crippen LogP contribution >= 0.6 is 0 Å². The molecule has 0 radical (unpaired) electrons. The predicted octanol–water partition coefficient (Wildman–Crippen LogP) is 9.56. The number of benzene rings is 4. The molecule has 2 amide bonds. The molecule has 0 aliphatic carbocycles. The lowest BCUT2D eigenvalue weighted by molar-refractivity contribution is -0.138. The maximum atomic E-state index is 12.6. The van der Waals surface area contributed by atoms with Crippen LogP contribution < -0.4 is 4.74 Å². The maximum absolute atomic E-state index is 12.6. The van der Waals surface area contributed by atoms with E-state index in [0.717, 1.165) is 79.5 Å². The number of alkyl halides is 6. The molecule has 18 heteroatoms. The number of nitrogens with zero attached hydrogens (tertiary/aromatic N) is 2. The summed E-state index contributed by atoms with van der Waals surface area (Å²) >= 11 is 0. The Balaban J connectivity index is 0.000000220. The van der Waals surface area contributed by atoms with Crippen LogP contribution in [0.1, 0.15) is 47.9 Å². The summed E-state index contributed by atoms with van der Waals surface area (Å²) in [4.78, 5) is 27.6. The first-order valence-corrected chi connectivity index (χ1v) is 21.1. The summed E-state index contributed by atoms with van der Waals surface area (Å²) in [7, 11) is -3.44. The second-order valence-electron chi connectivity index (χ2n) is 14.4. The van der Waals surface area contributed by atoms with E-state index in [4.69, 9.17) is 23.5 Å². The Bertz CT molecular complexity index is 2040.